The summed E-state index contributed by atoms with van der Waals surface area (Å²) in [7, 11) is 1.70. The highest BCUT2D eigenvalue weighted by Crippen LogP contribution is 2.28. The molecule has 92 valence electrons. The standard InChI is InChI=1S/C10H14N4O2S/c1-11-10-12-8-5-4-7(14(2)3)6-9(8)17(15,16)13-10/h4-6H,1-3H3,(H2,11,12,13). The quantitative estimate of drug-likeness (QED) is 0.763. The number of aliphatic imine (C=N–C) groups is 1. The Balaban J connectivity index is 2.59. The number of anilines is 2. The van der Waals surface area contributed by atoms with Crippen molar-refractivity contribution in [3.05, 3.63) is 18.2 Å². The number of nitrogens with zero attached hydrogens (tertiary/aromatic N) is 2. The lowest BCUT2D eigenvalue weighted by molar-refractivity contribution is 0.592. The Kier molecular flexibility index (Phi) is 2.70. The van der Waals surface area contributed by atoms with Gasteiger partial charge in [-0.05, 0) is 18.2 Å². The third kappa shape index (κ3) is 2.05. The summed E-state index contributed by atoms with van der Waals surface area (Å²) < 4.78 is 26.3. The minimum Gasteiger partial charge on any atom is -0.378 e. The molecule has 6 nitrogen and oxygen atoms in total. The van der Waals surface area contributed by atoms with Crippen LogP contribution in [0.1, 0.15) is 0 Å². The summed E-state index contributed by atoms with van der Waals surface area (Å²) in [6, 6.07) is 5.20. The number of hydrogen-bond donors (Lipinski definition) is 2. The molecule has 0 bridgehead atoms. The van der Waals surface area contributed by atoms with E-state index in [1.54, 1.807) is 12.1 Å². The van der Waals surface area contributed by atoms with Crippen molar-refractivity contribution in [1.29, 1.82) is 0 Å². The topological polar surface area (TPSA) is 73.8 Å². The summed E-state index contributed by atoms with van der Waals surface area (Å²) in [6.07, 6.45) is 0. The van der Waals surface area contributed by atoms with Crippen LogP contribution in [0.5, 0.6) is 0 Å². The molecule has 0 atom stereocenters. The molecule has 2 rings (SSSR count). The highest BCUT2D eigenvalue weighted by Gasteiger charge is 2.26. The van der Waals surface area contributed by atoms with E-state index in [2.05, 4.69) is 15.0 Å². The molecule has 0 unspecified atom stereocenters. The molecular formula is C10H14N4O2S. The summed E-state index contributed by atoms with van der Waals surface area (Å²) in [5, 5.41) is 2.91. The molecule has 0 aromatic heterocycles. The molecule has 1 aliphatic rings. The Morgan fingerprint density at radius 1 is 1.29 bits per heavy atom. The third-order valence-corrected chi connectivity index (χ3v) is 3.86. The summed E-state index contributed by atoms with van der Waals surface area (Å²) in [5.41, 5.74) is 1.36. The van der Waals surface area contributed by atoms with Crippen LogP contribution in [-0.2, 0) is 10.0 Å². The van der Waals surface area contributed by atoms with E-state index < -0.39 is 10.0 Å². The average Bonchev–Trinajstić information content (AvgIpc) is 2.27. The zero-order valence-corrected chi connectivity index (χ0v) is 10.7. The minimum absolute atomic E-state index is 0.232. The second-order valence-electron chi connectivity index (χ2n) is 3.88. The summed E-state index contributed by atoms with van der Waals surface area (Å²) in [5.74, 6) is 0.232. The first-order valence-electron chi connectivity index (χ1n) is 5.02. The Morgan fingerprint density at radius 2 is 2.00 bits per heavy atom. The molecule has 17 heavy (non-hydrogen) atoms. The lowest BCUT2D eigenvalue weighted by Crippen LogP contribution is -2.40. The normalized spacial score (nSPS) is 19.1. The van der Waals surface area contributed by atoms with Crippen LogP contribution in [0.2, 0.25) is 0 Å². The number of benzene rings is 1. The van der Waals surface area contributed by atoms with Crippen LogP contribution in [-0.4, -0.2) is 35.5 Å². The van der Waals surface area contributed by atoms with Gasteiger partial charge in [-0.2, -0.15) is 0 Å². The maximum Gasteiger partial charge on any atom is 0.266 e. The highest BCUT2D eigenvalue weighted by molar-refractivity contribution is 7.90. The van der Waals surface area contributed by atoms with Gasteiger partial charge in [-0.25, -0.2) is 13.1 Å². The first-order chi connectivity index (χ1) is 7.94. The molecule has 7 heteroatoms. The van der Waals surface area contributed by atoms with Crippen molar-refractivity contribution < 1.29 is 8.42 Å². The van der Waals surface area contributed by atoms with E-state index >= 15 is 0 Å². The second-order valence-corrected chi connectivity index (χ2v) is 5.53. The van der Waals surface area contributed by atoms with E-state index in [0.717, 1.165) is 5.69 Å². The molecular weight excluding hydrogens is 240 g/mol. The van der Waals surface area contributed by atoms with Gasteiger partial charge in [0.15, 0.2) is 0 Å². The number of sulfonamides is 1. The van der Waals surface area contributed by atoms with Crippen LogP contribution >= 0.6 is 0 Å². The van der Waals surface area contributed by atoms with Crippen LogP contribution in [0.25, 0.3) is 0 Å². The maximum absolute atomic E-state index is 12.0. The fourth-order valence-corrected chi connectivity index (χ4v) is 2.74. The van der Waals surface area contributed by atoms with Crippen molar-refractivity contribution in [1.82, 2.24) is 4.72 Å². The van der Waals surface area contributed by atoms with Crippen LogP contribution in [0, 0.1) is 0 Å². The number of guanidine groups is 1. The van der Waals surface area contributed by atoms with Gasteiger partial charge >= 0.3 is 0 Å². The lowest BCUT2D eigenvalue weighted by Gasteiger charge is -2.23. The molecule has 0 spiro atoms. The SMILES string of the molecule is CN=C1Nc2ccc(N(C)C)cc2S(=O)(=O)N1. The molecule has 2 N–H and O–H groups in total. The zero-order chi connectivity index (χ0) is 12.6. The van der Waals surface area contributed by atoms with E-state index in [-0.39, 0.29) is 10.9 Å². The lowest BCUT2D eigenvalue weighted by atomic mass is 10.2. The van der Waals surface area contributed by atoms with Gasteiger partial charge in [0.05, 0.1) is 5.69 Å². The molecule has 1 aromatic carbocycles. The van der Waals surface area contributed by atoms with Gasteiger partial charge in [0.1, 0.15) is 4.90 Å². The predicted molar refractivity (Wildman–Crippen MR) is 68.1 cm³/mol. The third-order valence-electron chi connectivity index (χ3n) is 2.48. The number of rotatable bonds is 1. The van der Waals surface area contributed by atoms with Crippen LogP contribution in [0.4, 0.5) is 11.4 Å². The van der Waals surface area contributed by atoms with E-state index in [0.29, 0.717) is 5.69 Å². The Hall–Kier alpha value is -1.76. The van der Waals surface area contributed by atoms with Crippen LogP contribution in [0.3, 0.4) is 0 Å². The van der Waals surface area contributed by atoms with Crippen molar-refractivity contribution in [2.45, 2.75) is 4.90 Å². The van der Waals surface area contributed by atoms with Gasteiger partial charge in [-0.15, -0.1) is 0 Å². The van der Waals surface area contributed by atoms with Gasteiger partial charge in [0, 0.05) is 26.8 Å². The summed E-state index contributed by atoms with van der Waals surface area (Å²) >= 11 is 0. The molecule has 1 aromatic rings. The van der Waals surface area contributed by atoms with Gasteiger partial charge in [0.25, 0.3) is 10.0 Å². The van der Waals surface area contributed by atoms with Crippen molar-refractivity contribution in [2.75, 3.05) is 31.4 Å². The van der Waals surface area contributed by atoms with Gasteiger partial charge in [-0.3, -0.25) is 4.99 Å². The molecule has 0 saturated heterocycles. The number of nitrogens with one attached hydrogen (secondary N) is 2. The molecule has 0 saturated carbocycles. The van der Waals surface area contributed by atoms with Crippen molar-refractivity contribution in [2.24, 2.45) is 4.99 Å². The number of fused-ring (bicyclic) bond motifs is 1. The minimum atomic E-state index is -3.53. The van der Waals surface area contributed by atoms with Gasteiger partial charge in [-0.1, -0.05) is 0 Å². The molecule has 0 amide bonds. The zero-order valence-electron chi connectivity index (χ0n) is 9.85. The highest BCUT2D eigenvalue weighted by atomic mass is 32.2. The number of hydrogen-bond acceptors (Lipinski definition) is 4. The molecule has 0 fully saturated rings. The van der Waals surface area contributed by atoms with Crippen molar-refractivity contribution in [3.8, 4) is 0 Å². The smallest absolute Gasteiger partial charge is 0.266 e. The molecule has 1 heterocycles. The van der Waals surface area contributed by atoms with Crippen molar-refractivity contribution in [3.63, 3.8) is 0 Å². The van der Waals surface area contributed by atoms with E-state index in [9.17, 15) is 8.42 Å². The van der Waals surface area contributed by atoms with E-state index in [1.165, 1.54) is 7.05 Å². The van der Waals surface area contributed by atoms with Crippen LogP contribution in [0.15, 0.2) is 28.1 Å². The predicted octanol–water partition coefficient (Wildman–Crippen LogP) is 0.442. The first kappa shape index (κ1) is 11.7. The second kappa shape index (κ2) is 3.92. The van der Waals surface area contributed by atoms with Crippen molar-refractivity contribution >= 4 is 27.4 Å². The average molecular weight is 254 g/mol. The Labute approximate surface area is 100 Å². The monoisotopic (exact) mass is 254 g/mol. The summed E-state index contributed by atoms with van der Waals surface area (Å²) in [4.78, 5) is 5.88. The fraction of sp³-hybridized carbons (Fsp3) is 0.300. The van der Waals surface area contributed by atoms with E-state index in [1.807, 2.05) is 25.1 Å². The Morgan fingerprint density at radius 3 is 2.59 bits per heavy atom. The summed E-state index contributed by atoms with van der Waals surface area (Å²) in [6.45, 7) is 0. The Bertz CT molecular complexity index is 578. The maximum atomic E-state index is 12.0. The van der Waals surface area contributed by atoms with E-state index in [4.69, 9.17) is 0 Å². The largest absolute Gasteiger partial charge is 0.378 e. The molecule has 0 aliphatic carbocycles. The van der Waals surface area contributed by atoms with Gasteiger partial charge in [0.2, 0.25) is 5.96 Å². The van der Waals surface area contributed by atoms with Gasteiger partial charge < -0.3 is 10.2 Å². The molecule has 1 aliphatic heterocycles. The first-order valence-corrected chi connectivity index (χ1v) is 6.50. The molecule has 0 radical (unpaired) electrons. The van der Waals surface area contributed by atoms with Crippen LogP contribution < -0.4 is 14.9 Å². The fourth-order valence-electron chi connectivity index (χ4n) is 1.55.